The minimum absolute atomic E-state index is 0.228. The summed E-state index contributed by atoms with van der Waals surface area (Å²) in [5, 5.41) is 9.69. The van der Waals surface area contributed by atoms with Crippen molar-refractivity contribution < 1.29 is 18.5 Å². The van der Waals surface area contributed by atoms with Crippen LogP contribution in [-0.4, -0.2) is 21.4 Å². The Morgan fingerprint density at radius 3 is 2.45 bits per heavy atom. The summed E-state index contributed by atoms with van der Waals surface area (Å²) in [6.45, 7) is 1.50. The molecular formula is C16H14O5S. The van der Waals surface area contributed by atoms with Crippen LogP contribution >= 0.6 is 0 Å². The largest absolute Gasteiger partial charge is 0.507 e. The molecule has 22 heavy (non-hydrogen) atoms. The van der Waals surface area contributed by atoms with Crippen molar-refractivity contribution in [1.29, 1.82) is 0 Å². The number of hydrogen-bond donors (Lipinski definition) is 1. The molecule has 0 saturated heterocycles. The zero-order chi connectivity index (χ0) is 16.3. The van der Waals surface area contributed by atoms with Gasteiger partial charge in [0.1, 0.15) is 17.1 Å². The number of carbonyl (C=O) groups excluding carboxylic acids is 1. The molecule has 1 atom stereocenters. The third kappa shape index (κ3) is 3.59. The first-order valence-corrected chi connectivity index (χ1v) is 7.94. The molecule has 1 aromatic heterocycles. The van der Waals surface area contributed by atoms with E-state index in [2.05, 4.69) is 0 Å². The normalized spacial score (nSPS) is 12.5. The number of ketones is 1. The minimum atomic E-state index is -1.07. The molecule has 0 aliphatic heterocycles. The van der Waals surface area contributed by atoms with E-state index >= 15 is 0 Å². The van der Waals surface area contributed by atoms with Crippen molar-refractivity contribution in [1.82, 2.24) is 0 Å². The third-order valence-electron chi connectivity index (χ3n) is 2.94. The van der Waals surface area contributed by atoms with Gasteiger partial charge >= 0.3 is 5.63 Å². The first kappa shape index (κ1) is 15.9. The summed E-state index contributed by atoms with van der Waals surface area (Å²) >= 11 is 0. The van der Waals surface area contributed by atoms with E-state index in [1.807, 2.05) is 0 Å². The molecule has 1 heterocycles. The van der Waals surface area contributed by atoms with Crippen molar-refractivity contribution in [2.75, 3.05) is 6.26 Å². The number of rotatable bonds is 4. The highest BCUT2D eigenvalue weighted by Crippen LogP contribution is 2.16. The zero-order valence-corrected chi connectivity index (χ0v) is 12.8. The van der Waals surface area contributed by atoms with Gasteiger partial charge in [0.05, 0.1) is 0 Å². The lowest BCUT2D eigenvalue weighted by Gasteiger charge is -2.00. The lowest BCUT2D eigenvalue weighted by Crippen LogP contribution is -2.12. The summed E-state index contributed by atoms with van der Waals surface area (Å²) in [5.74, 6) is -0.819. The smallest absolute Gasteiger partial charge is 0.351 e. The Morgan fingerprint density at radius 2 is 1.91 bits per heavy atom. The first-order chi connectivity index (χ1) is 10.4. The summed E-state index contributed by atoms with van der Waals surface area (Å²) in [7, 11) is -1.07. The molecule has 0 fully saturated rings. The molecule has 1 N–H and O–H groups in total. The second-order valence-corrected chi connectivity index (χ2v) is 6.01. The summed E-state index contributed by atoms with van der Waals surface area (Å²) in [6.07, 6.45) is 4.26. The molecule has 0 bridgehead atoms. The molecule has 114 valence electrons. The Labute approximate surface area is 129 Å². The SMILES string of the molecule is Cc1cc(O)c(C(=O)/C=C/c2ccc(S(C)=O)cc2)c(=O)o1. The first-order valence-electron chi connectivity index (χ1n) is 6.38. The molecule has 0 aliphatic carbocycles. The van der Waals surface area contributed by atoms with E-state index in [4.69, 9.17) is 4.42 Å². The molecule has 0 saturated carbocycles. The number of aromatic hydroxyl groups is 1. The lowest BCUT2D eigenvalue weighted by atomic mass is 10.1. The summed E-state index contributed by atoms with van der Waals surface area (Å²) in [4.78, 5) is 24.3. The molecule has 6 heteroatoms. The fourth-order valence-electron chi connectivity index (χ4n) is 1.85. The minimum Gasteiger partial charge on any atom is -0.507 e. The second kappa shape index (κ2) is 6.53. The highest BCUT2D eigenvalue weighted by molar-refractivity contribution is 7.84. The Kier molecular flexibility index (Phi) is 4.72. The van der Waals surface area contributed by atoms with Crippen LogP contribution in [0.4, 0.5) is 0 Å². The van der Waals surface area contributed by atoms with Gasteiger partial charge in [-0.3, -0.25) is 9.00 Å². The van der Waals surface area contributed by atoms with E-state index in [1.54, 1.807) is 30.5 Å². The number of benzene rings is 1. The molecule has 1 unspecified atom stereocenters. The standard InChI is InChI=1S/C16H14O5S/c1-10-9-14(18)15(16(19)21-10)13(17)8-5-11-3-6-12(7-4-11)22(2)20/h3-9,18H,1-2H3/b8-5+. The summed E-state index contributed by atoms with van der Waals surface area (Å²) in [6, 6.07) is 8.01. The maximum atomic E-state index is 12.0. The fraction of sp³-hybridized carbons (Fsp3) is 0.125. The van der Waals surface area contributed by atoms with E-state index in [0.29, 0.717) is 10.5 Å². The van der Waals surface area contributed by atoms with Crippen LogP contribution in [0.25, 0.3) is 6.08 Å². The second-order valence-electron chi connectivity index (χ2n) is 4.63. The number of carbonyl (C=O) groups is 1. The van der Waals surface area contributed by atoms with Crippen molar-refractivity contribution in [3.05, 3.63) is 63.7 Å². The van der Waals surface area contributed by atoms with Crippen LogP contribution in [0.5, 0.6) is 5.75 Å². The van der Waals surface area contributed by atoms with Crippen LogP contribution in [0.2, 0.25) is 0 Å². The van der Waals surface area contributed by atoms with E-state index < -0.39 is 33.5 Å². The van der Waals surface area contributed by atoms with Crippen LogP contribution < -0.4 is 5.63 Å². The Balaban J connectivity index is 2.25. The fourth-order valence-corrected chi connectivity index (χ4v) is 2.37. The Hall–Kier alpha value is -2.47. The average Bonchev–Trinajstić information content (AvgIpc) is 2.44. The predicted octanol–water partition coefficient (Wildman–Crippen LogP) is 2.29. The van der Waals surface area contributed by atoms with E-state index in [-0.39, 0.29) is 5.76 Å². The molecule has 2 rings (SSSR count). The maximum Gasteiger partial charge on any atom is 0.351 e. The summed E-state index contributed by atoms with van der Waals surface area (Å²) in [5.41, 5.74) is -0.560. The van der Waals surface area contributed by atoms with E-state index in [9.17, 15) is 18.9 Å². The van der Waals surface area contributed by atoms with Crippen LogP contribution in [0.1, 0.15) is 21.7 Å². The number of aryl methyl sites for hydroxylation is 1. The molecule has 0 aliphatic rings. The van der Waals surface area contributed by atoms with Gasteiger partial charge in [-0.2, -0.15) is 0 Å². The molecule has 0 spiro atoms. The topological polar surface area (TPSA) is 84.6 Å². The van der Waals surface area contributed by atoms with Crippen LogP contribution in [0.3, 0.4) is 0 Å². The highest BCUT2D eigenvalue weighted by Gasteiger charge is 2.15. The quantitative estimate of drug-likeness (QED) is 0.690. The molecule has 0 amide bonds. The van der Waals surface area contributed by atoms with Gasteiger partial charge in [-0.15, -0.1) is 0 Å². The van der Waals surface area contributed by atoms with Gasteiger partial charge in [-0.1, -0.05) is 18.2 Å². The average molecular weight is 318 g/mol. The Bertz CT molecular complexity index is 815. The highest BCUT2D eigenvalue weighted by atomic mass is 32.2. The molecular weight excluding hydrogens is 304 g/mol. The Morgan fingerprint density at radius 1 is 1.27 bits per heavy atom. The third-order valence-corrected chi connectivity index (χ3v) is 3.88. The monoisotopic (exact) mass is 318 g/mol. The zero-order valence-electron chi connectivity index (χ0n) is 12.0. The van der Waals surface area contributed by atoms with Gasteiger partial charge in [0, 0.05) is 28.0 Å². The van der Waals surface area contributed by atoms with Crippen molar-refractivity contribution >= 4 is 22.7 Å². The van der Waals surface area contributed by atoms with Gasteiger partial charge in [0.2, 0.25) is 0 Å². The summed E-state index contributed by atoms with van der Waals surface area (Å²) < 4.78 is 16.1. The molecule has 2 aromatic rings. The number of hydrogen-bond acceptors (Lipinski definition) is 5. The van der Waals surface area contributed by atoms with Gasteiger partial charge in [0.25, 0.3) is 0 Å². The van der Waals surface area contributed by atoms with Crippen LogP contribution in [0.15, 0.2) is 50.5 Å². The van der Waals surface area contributed by atoms with Crippen molar-refractivity contribution in [2.45, 2.75) is 11.8 Å². The van der Waals surface area contributed by atoms with Crippen molar-refractivity contribution in [3.63, 3.8) is 0 Å². The lowest BCUT2D eigenvalue weighted by molar-refractivity contribution is 0.104. The van der Waals surface area contributed by atoms with E-state index in [0.717, 1.165) is 0 Å². The predicted molar refractivity (Wildman–Crippen MR) is 83.5 cm³/mol. The maximum absolute atomic E-state index is 12.0. The van der Waals surface area contributed by atoms with Gasteiger partial charge in [-0.25, -0.2) is 4.79 Å². The van der Waals surface area contributed by atoms with Gasteiger partial charge in [-0.05, 0) is 30.7 Å². The molecule has 0 radical (unpaired) electrons. The number of allylic oxidation sites excluding steroid dienone is 1. The van der Waals surface area contributed by atoms with E-state index in [1.165, 1.54) is 25.1 Å². The van der Waals surface area contributed by atoms with Crippen molar-refractivity contribution in [2.24, 2.45) is 0 Å². The van der Waals surface area contributed by atoms with Gasteiger partial charge < -0.3 is 9.52 Å². The van der Waals surface area contributed by atoms with Gasteiger partial charge in [0.15, 0.2) is 5.78 Å². The van der Waals surface area contributed by atoms with Crippen LogP contribution in [-0.2, 0) is 10.8 Å². The molecule has 5 nitrogen and oxygen atoms in total. The molecule has 1 aromatic carbocycles. The van der Waals surface area contributed by atoms with Crippen molar-refractivity contribution in [3.8, 4) is 5.75 Å². The van der Waals surface area contributed by atoms with Crippen LogP contribution in [0, 0.1) is 6.92 Å².